The number of carbonyl (C=O) groups is 1. The molecule has 4 rings (SSSR count). The summed E-state index contributed by atoms with van der Waals surface area (Å²) in [5.74, 6) is 0.735. The summed E-state index contributed by atoms with van der Waals surface area (Å²) >= 11 is 3.06. The van der Waals surface area contributed by atoms with Crippen LogP contribution in [0.25, 0.3) is 10.3 Å². The van der Waals surface area contributed by atoms with Crippen molar-refractivity contribution in [1.82, 2.24) is 15.0 Å². The Morgan fingerprint density at radius 2 is 1.93 bits per heavy atom. The van der Waals surface area contributed by atoms with E-state index in [0.717, 1.165) is 39.3 Å². The van der Waals surface area contributed by atoms with Crippen molar-refractivity contribution in [2.75, 3.05) is 29.1 Å². The van der Waals surface area contributed by atoms with Crippen LogP contribution in [0.5, 0.6) is 0 Å². The minimum absolute atomic E-state index is 0.0418. The standard InChI is InChI=1S/C21H25N5OS2/c1-14(2)15-6-8-16(9-7-15)24-17(27)12-28-20-18-19(22-13-23-20)25-21(29-18)26-10-4-3-5-11-26/h6-9,13-14H,3-5,10-12H2,1-2H3,(H,24,27). The number of thioether (sulfide) groups is 1. The fourth-order valence-electron chi connectivity index (χ4n) is 3.33. The molecule has 29 heavy (non-hydrogen) atoms. The molecule has 8 heteroatoms. The van der Waals surface area contributed by atoms with Crippen LogP contribution in [-0.4, -0.2) is 39.7 Å². The van der Waals surface area contributed by atoms with Crippen molar-refractivity contribution in [3.8, 4) is 0 Å². The van der Waals surface area contributed by atoms with Gasteiger partial charge in [-0.1, -0.05) is 49.1 Å². The molecule has 3 heterocycles. The summed E-state index contributed by atoms with van der Waals surface area (Å²) in [5.41, 5.74) is 2.80. The molecule has 1 fully saturated rings. The Morgan fingerprint density at radius 3 is 2.66 bits per heavy atom. The first-order valence-corrected chi connectivity index (χ1v) is 11.8. The average molecular weight is 428 g/mol. The highest BCUT2D eigenvalue weighted by molar-refractivity contribution is 8.00. The zero-order chi connectivity index (χ0) is 20.2. The summed E-state index contributed by atoms with van der Waals surface area (Å²) in [7, 11) is 0. The van der Waals surface area contributed by atoms with Crippen molar-refractivity contribution in [3.05, 3.63) is 36.2 Å². The molecule has 152 valence electrons. The topological polar surface area (TPSA) is 71.0 Å². The van der Waals surface area contributed by atoms with Crippen LogP contribution in [-0.2, 0) is 4.79 Å². The number of hydrogen-bond donors (Lipinski definition) is 1. The third kappa shape index (κ3) is 4.87. The summed E-state index contributed by atoms with van der Waals surface area (Å²) in [6.07, 6.45) is 5.24. The first-order chi connectivity index (χ1) is 14.1. The number of anilines is 2. The van der Waals surface area contributed by atoms with Crippen LogP contribution in [0.2, 0.25) is 0 Å². The number of thiazole rings is 1. The largest absolute Gasteiger partial charge is 0.348 e. The molecular weight excluding hydrogens is 402 g/mol. The number of rotatable bonds is 6. The number of amides is 1. The number of hydrogen-bond acceptors (Lipinski definition) is 7. The van der Waals surface area contributed by atoms with Gasteiger partial charge in [-0.25, -0.2) is 9.97 Å². The second-order valence-corrected chi connectivity index (χ2v) is 9.43. The summed E-state index contributed by atoms with van der Waals surface area (Å²) in [6, 6.07) is 8.02. The zero-order valence-electron chi connectivity index (χ0n) is 16.7. The molecule has 1 saturated heterocycles. The molecule has 1 aromatic carbocycles. The lowest BCUT2D eigenvalue weighted by molar-refractivity contribution is -0.113. The number of carbonyl (C=O) groups excluding carboxylic acids is 1. The van der Waals surface area contributed by atoms with Gasteiger partial charge in [-0.15, -0.1) is 0 Å². The Labute approximate surface area is 179 Å². The van der Waals surface area contributed by atoms with E-state index in [1.54, 1.807) is 11.3 Å². The van der Waals surface area contributed by atoms with Gasteiger partial charge in [-0.05, 0) is 42.9 Å². The Balaban J connectivity index is 1.41. The number of piperidine rings is 1. The van der Waals surface area contributed by atoms with Crippen LogP contribution < -0.4 is 10.2 Å². The third-order valence-corrected chi connectivity index (χ3v) is 7.21. The predicted molar refractivity (Wildman–Crippen MR) is 121 cm³/mol. The lowest BCUT2D eigenvalue weighted by atomic mass is 10.0. The smallest absolute Gasteiger partial charge is 0.234 e. The molecule has 1 aliphatic heterocycles. The Hall–Kier alpha value is -2.19. The maximum Gasteiger partial charge on any atom is 0.234 e. The number of nitrogens with zero attached hydrogens (tertiary/aromatic N) is 4. The molecule has 0 radical (unpaired) electrons. The predicted octanol–water partition coefficient (Wildman–Crippen LogP) is 4.93. The van der Waals surface area contributed by atoms with Gasteiger partial charge < -0.3 is 10.2 Å². The quantitative estimate of drug-likeness (QED) is 0.444. The highest BCUT2D eigenvalue weighted by atomic mass is 32.2. The maximum absolute atomic E-state index is 12.4. The molecule has 0 atom stereocenters. The highest BCUT2D eigenvalue weighted by Crippen LogP contribution is 2.34. The SMILES string of the molecule is CC(C)c1ccc(NC(=O)CSc2ncnc3nc(N4CCCCC4)sc23)cc1. The van der Waals surface area contributed by atoms with Gasteiger partial charge in [0, 0.05) is 18.8 Å². The van der Waals surface area contributed by atoms with Gasteiger partial charge in [-0.3, -0.25) is 4.79 Å². The van der Waals surface area contributed by atoms with E-state index >= 15 is 0 Å². The van der Waals surface area contributed by atoms with Crippen molar-refractivity contribution in [1.29, 1.82) is 0 Å². The monoisotopic (exact) mass is 427 g/mol. The number of benzene rings is 1. The van der Waals surface area contributed by atoms with Gasteiger partial charge in [-0.2, -0.15) is 4.98 Å². The van der Waals surface area contributed by atoms with Gasteiger partial charge in [0.05, 0.1) is 5.75 Å². The second kappa shape index (κ2) is 9.09. The van der Waals surface area contributed by atoms with Crippen molar-refractivity contribution < 1.29 is 4.79 Å². The van der Waals surface area contributed by atoms with E-state index < -0.39 is 0 Å². The van der Waals surface area contributed by atoms with E-state index in [9.17, 15) is 4.79 Å². The minimum Gasteiger partial charge on any atom is -0.348 e. The van der Waals surface area contributed by atoms with Gasteiger partial charge in [0.1, 0.15) is 16.1 Å². The summed E-state index contributed by atoms with van der Waals surface area (Å²) < 4.78 is 0.965. The lowest BCUT2D eigenvalue weighted by Gasteiger charge is -2.25. The maximum atomic E-state index is 12.4. The minimum atomic E-state index is -0.0418. The van der Waals surface area contributed by atoms with Crippen molar-refractivity contribution in [3.63, 3.8) is 0 Å². The normalized spacial score (nSPS) is 14.5. The molecule has 0 aliphatic carbocycles. The van der Waals surface area contributed by atoms with Crippen LogP contribution in [0.15, 0.2) is 35.6 Å². The fourth-order valence-corrected chi connectivity index (χ4v) is 5.27. The number of nitrogens with one attached hydrogen (secondary N) is 1. The van der Waals surface area contributed by atoms with E-state index in [2.05, 4.69) is 46.2 Å². The Kier molecular flexibility index (Phi) is 6.30. The van der Waals surface area contributed by atoms with Crippen molar-refractivity contribution >= 4 is 50.2 Å². The van der Waals surface area contributed by atoms with E-state index in [4.69, 9.17) is 4.98 Å². The lowest BCUT2D eigenvalue weighted by Crippen LogP contribution is -2.29. The molecule has 0 saturated carbocycles. The van der Waals surface area contributed by atoms with E-state index in [1.165, 1.54) is 42.9 Å². The molecule has 1 N–H and O–H groups in total. The highest BCUT2D eigenvalue weighted by Gasteiger charge is 2.18. The van der Waals surface area contributed by atoms with Gasteiger partial charge in [0.15, 0.2) is 10.8 Å². The van der Waals surface area contributed by atoms with Gasteiger partial charge in [0.25, 0.3) is 0 Å². The number of fused-ring (bicyclic) bond motifs is 1. The molecule has 6 nitrogen and oxygen atoms in total. The Morgan fingerprint density at radius 1 is 1.17 bits per heavy atom. The molecule has 1 amide bonds. The molecule has 3 aromatic rings. The zero-order valence-corrected chi connectivity index (χ0v) is 18.4. The van der Waals surface area contributed by atoms with Crippen LogP contribution >= 0.6 is 23.1 Å². The molecule has 0 spiro atoms. The van der Waals surface area contributed by atoms with E-state index in [-0.39, 0.29) is 5.91 Å². The third-order valence-electron chi connectivity index (χ3n) is 4.97. The summed E-state index contributed by atoms with van der Waals surface area (Å²) in [6.45, 7) is 6.41. The molecular formula is C21H25N5OS2. The number of aromatic nitrogens is 3. The first-order valence-electron chi connectivity index (χ1n) is 9.99. The second-order valence-electron chi connectivity index (χ2n) is 7.49. The summed E-state index contributed by atoms with van der Waals surface area (Å²) in [5, 5.41) is 4.79. The van der Waals surface area contributed by atoms with Crippen LogP contribution in [0.3, 0.4) is 0 Å². The first kappa shape index (κ1) is 20.1. The van der Waals surface area contributed by atoms with E-state index in [0.29, 0.717) is 11.7 Å². The van der Waals surface area contributed by atoms with Crippen LogP contribution in [0, 0.1) is 0 Å². The molecule has 0 unspecified atom stereocenters. The van der Waals surface area contributed by atoms with Gasteiger partial charge in [0.2, 0.25) is 5.91 Å². The van der Waals surface area contributed by atoms with Crippen LogP contribution in [0.1, 0.15) is 44.6 Å². The van der Waals surface area contributed by atoms with E-state index in [1.807, 2.05) is 12.1 Å². The molecule has 1 aliphatic rings. The van der Waals surface area contributed by atoms with Crippen molar-refractivity contribution in [2.45, 2.75) is 44.1 Å². The fraction of sp³-hybridized carbons (Fsp3) is 0.429. The average Bonchev–Trinajstić information content (AvgIpc) is 3.18. The van der Waals surface area contributed by atoms with Crippen LogP contribution in [0.4, 0.5) is 10.8 Å². The summed E-state index contributed by atoms with van der Waals surface area (Å²) in [4.78, 5) is 28.1. The molecule has 2 aromatic heterocycles. The van der Waals surface area contributed by atoms with Gasteiger partial charge >= 0.3 is 0 Å². The van der Waals surface area contributed by atoms with Crippen molar-refractivity contribution in [2.24, 2.45) is 0 Å². The molecule has 0 bridgehead atoms. The Bertz CT molecular complexity index is 980.